The maximum atomic E-state index is 11.3. The Labute approximate surface area is 121 Å². The van der Waals surface area contributed by atoms with Gasteiger partial charge in [-0.2, -0.15) is 4.98 Å². The second-order valence-electron chi connectivity index (χ2n) is 4.14. The Morgan fingerprint density at radius 3 is 2.35 bits per heavy atom. The zero-order valence-corrected chi connectivity index (χ0v) is 12.4. The van der Waals surface area contributed by atoms with Crippen LogP contribution in [0, 0.1) is 6.92 Å². The standard InChI is InChI=1S/C12H12ClN3O3S/c1-7-10(14)11(16-12(13)15-7)19-8-3-5-9(6-4-8)20(2,17)18/h3-6H,14H2,1-2H3. The Hall–Kier alpha value is -1.86. The molecule has 0 aliphatic rings. The van der Waals surface area contributed by atoms with Crippen LogP contribution < -0.4 is 10.5 Å². The molecule has 6 nitrogen and oxygen atoms in total. The Morgan fingerprint density at radius 2 is 1.80 bits per heavy atom. The molecule has 1 heterocycles. The summed E-state index contributed by atoms with van der Waals surface area (Å²) in [6.07, 6.45) is 1.13. The van der Waals surface area contributed by atoms with E-state index in [9.17, 15) is 8.42 Å². The Bertz CT molecular complexity index is 745. The van der Waals surface area contributed by atoms with Gasteiger partial charge in [0.15, 0.2) is 9.84 Å². The third-order valence-electron chi connectivity index (χ3n) is 2.54. The third kappa shape index (κ3) is 3.17. The van der Waals surface area contributed by atoms with Crippen LogP contribution in [0.1, 0.15) is 5.69 Å². The number of sulfone groups is 1. The molecule has 8 heteroatoms. The Morgan fingerprint density at radius 1 is 1.20 bits per heavy atom. The number of hydrogen-bond acceptors (Lipinski definition) is 6. The first-order valence-electron chi connectivity index (χ1n) is 5.55. The molecule has 0 saturated heterocycles. The zero-order chi connectivity index (χ0) is 14.9. The lowest BCUT2D eigenvalue weighted by atomic mass is 10.3. The van der Waals surface area contributed by atoms with Crippen LogP contribution in [-0.4, -0.2) is 24.6 Å². The van der Waals surface area contributed by atoms with E-state index in [1.54, 1.807) is 6.92 Å². The molecule has 2 aromatic rings. The maximum absolute atomic E-state index is 11.3. The average molecular weight is 314 g/mol. The van der Waals surface area contributed by atoms with Crippen molar-refractivity contribution in [2.75, 3.05) is 12.0 Å². The highest BCUT2D eigenvalue weighted by atomic mass is 35.5. The first kappa shape index (κ1) is 14.5. The smallest absolute Gasteiger partial charge is 0.247 e. The van der Waals surface area contributed by atoms with E-state index in [0.29, 0.717) is 11.4 Å². The van der Waals surface area contributed by atoms with Crippen molar-refractivity contribution in [1.29, 1.82) is 0 Å². The van der Waals surface area contributed by atoms with Gasteiger partial charge in [-0.1, -0.05) is 0 Å². The molecule has 0 saturated carbocycles. The van der Waals surface area contributed by atoms with Gasteiger partial charge in [0.2, 0.25) is 11.2 Å². The molecule has 0 aliphatic heterocycles. The molecular formula is C12H12ClN3O3S. The van der Waals surface area contributed by atoms with E-state index in [-0.39, 0.29) is 21.7 Å². The van der Waals surface area contributed by atoms with Crippen LogP contribution >= 0.6 is 11.6 Å². The molecule has 0 radical (unpaired) electrons. The topological polar surface area (TPSA) is 95.2 Å². The van der Waals surface area contributed by atoms with E-state index >= 15 is 0 Å². The van der Waals surface area contributed by atoms with Gasteiger partial charge in [-0.3, -0.25) is 0 Å². The minimum absolute atomic E-state index is 0.0273. The van der Waals surface area contributed by atoms with Crippen molar-refractivity contribution >= 4 is 27.1 Å². The fraction of sp³-hybridized carbons (Fsp3) is 0.167. The molecular weight excluding hydrogens is 302 g/mol. The van der Waals surface area contributed by atoms with Crippen LogP contribution in [0.5, 0.6) is 11.6 Å². The molecule has 0 amide bonds. The Balaban J connectivity index is 2.32. The second kappa shape index (κ2) is 5.26. The van der Waals surface area contributed by atoms with Crippen LogP contribution in [0.2, 0.25) is 5.28 Å². The Kier molecular flexibility index (Phi) is 3.82. The van der Waals surface area contributed by atoms with Crippen molar-refractivity contribution in [2.24, 2.45) is 0 Å². The summed E-state index contributed by atoms with van der Waals surface area (Å²) in [5, 5.41) is 0.0273. The molecule has 0 unspecified atom stereocenters. The number of aromatic nitrogens is 2. The minimum Gasteiger partial charge on any atom is -0.437 e. The normalized spacial score (nSPS) is 11.3. The number of benzene rings is 1. The predicted molar refractivity (Wildman–Crippen MR) is 75.8 cm³/mol. The number of nitrogen functional groups attached to an aromatic ring is 1. The van der Waals surface area contributed by atoms with Gasteiger partial charge in [-0.25, -0.2) is 13.4 Å². The van der Waals surface area contributed by atoms with E-state index < -0.39 is 9.84 Å². The number of halogens is 1. The first-order chi connectivity index (χ1) is 9.27. The highest BCUT2D eigenvalue weighted by Gasteiger charge is 2.11. The summed E-state index contributed by atoms with van der Waals surface area (Å²) in [7, 11) is -3.24. The van der Waals surface area contributed by atoms with Crippen molar-refractivity contribution in [3.8, 4) is 11.6 Å². The minimum atomic E-state index is -3.24. The van der Waals surface area contributed by atoms with Gasteiger partial charge in [0.25, 0.3) is 0 Å². The average Bonchev–Trinajstić information content (AvgIpc) is 2.35. The summed E-state index contributed by atoms with van der Waals surface area (Å²) in [6.45, 7) is 1.68. The molecule has 106 valence electrons. The number of aryl methyl sites for hydroxylation is 1. The van der Waals surface area contributed by atoms with Gasteiger partial charge >= 0.3 is 0 Å². The largest absolute Gasteiger partial charge is 0.437 e. The summed E-state index contributed by atoms with van der Waals surface area (Å²) < 4.78 is 28.2. The zero-order valence-electron chi connectivity index (χ0n) is 10.8. The monoisotopic (exact) mass is 313 g/mol. The lowest BCUT2D eigenvalue weighted by Crippen LogP contribution is -2.01. The molecule has 1 aromatic carbocycles. The number of rotatable bonds is 3. The van der Waals surface area contributed by atoms with Crippen molar-refractivity contribution in [2.45, 2.75) is 11.8 Å². The molecule has 0 atom stereocenters. The highest BCUT2D eigenvalue weighted by Crippen LogP contribution is 2.28. The summed E-state index contributed by atoms with van der Waals surface area (Å²) in [4.78, 5) is 7.98. The summed E-state index contributed by atoms with van der Waals surface area (Å²) in [6, 6.07) is 5.91. The van der Waals surface area contributed by atoms with Crippen molar-refractivity contribution < 1.29 is 13.2 Å². The fourth-order valence-corrected chi connectivity index (χ4v) is 2.30. The van der Waals surface area contributed by atoms with Crippen molar-refractivity contribution in [3.63, 3.8) is 0 Å². The van der Waals surface area contributed by atoms with E-state index in [4.69, 9.17) is 22.1 Å². The predicted octanol–water partition coefficient (Wildman–Crippen LogP) is 2.22. The molecule has 0 bridgehead atoms. The summed E-state index contributed by atoms with van der Waals surface area (Å²) in [5.74, 6) is 0.535. The number of nitrogens with two attached hydrogens (primary N) is 1. The molecule has 2 N–H and O–H groups in total. The summed E-state index contributed by atoms with van der Waals surface area (Å²) in [5.41, 5.74) is 6.58. The van der Waals surface area contributed by atoms with Crippen LogP contribution in [0.15, 0.2) is 29.2 Å². The molecule has 0 spiro atoms. The SMILES string of the molecule is Cc1nc(Cl)nc(Oc2ccc(S(C)(=O)=O)cc2)c1N. The van der Waals surface area contributed by atoms with E-state index in [0.717, 1.165) is 6.26 Å². The molecule has 2 rings (SSSR count). The third-order valence-corrected chi connectivity index (χ3v) is 3.84. The number of ether oxygens (including phenoxy) is 1. The first-order valence-corrected chi connectivity index (χ1v) is 7.82. The van der Waals surface area contributed by atoms with Gasteiger partial charge in [0, 0.05) is 6.26 Å². The number of hydrogen-bond donors (Lipinski definition) is 1. The lowest BCUT2D eigenvalue weighted by Gasteiger charge is -2.09. The summed E-state index contributed by atoms with van der Waals surface area (Å²) >= 11 is 5.74. The molecule has 20 heavy (non-hydrogen) atoms. The number of anilines is 1. The van der Waals surface area contributed by atoms with Gasteiger partial charge in [-0.05, 0) is 42.8 Å². The molecule has 0 aliphatic carbocycles. The second-order valence-corrected chi connectivity index (χ2v) is 6.50. The molecule has 0 fully saturated rings. The highest BCUT2D eigenvalue weighted by molar-refractivity contribution is 7.90. The van der Waals surface area contributed by atoms with Crippen molar-refractivity contribution in [1.82, 2.24) is 9.97 Å². The maximum Gasteiger partial charge on any atom is 0.247 e. The number of nitrogens with zero attached hydrogens (tertiary/aromatic N) is 2. The van der Waals surface area contributed by atoms with Crippen LogP contribution in [-0.2, 0) is 9.84 Å². The quantitative estimate of drug-likeness (QED) is 0.873. The van der Waals surface area contributed by atoms with Crippen LogP contribution in [0.4, 0.5) is 5.69 Å². The van der Waals surface area contributed by atoms with Gasteiger partial charge in [-0.15, -0.1) is 0 Å². The van der Waals surface area contributed by atoms with E-state index in [2.05, 4.69) is 9.97 Å². The van der Waals surface area contributed by atoms with E-state index in [1.165, 1.54) is 24.3 Å². The van der Waals surface area contributed by atoms with Gasteiger partial charge < -0.3 is 10.5 Å². The van der Waals surface area contributed by atoms with Crippen molar-refractivity contribution in [3.05, 3.63) is 35.2 Å². The lowest BCUT2D eigenvalue weighted by molar-refractivity contribution is 0.463. The fourth-order valence-electron chi connectivity index (χ4n) is 1.47. The van der Waals surface area contributed by atoms with Crippen LogP contribution in [0.3, 0.4) is 0 Å². The van der Waals surface area contributed by atoms with Gasteiger partial charge in [0.05, 0.1) is 10.6 Å². The van der Waals surface area contributed by atoms with Crippen LogP contribution in [0.25, 0.3) is 0 Å². The van der Waals surface area contributed by atoms with E-state index in [1.807, 2.05) is 0 Å². The molecule has 1 aromatic heterocycles. The van der Waals surface area contributed by atoms with Gasteiger partial charge in [0.1, 0.15) is 11.4 Å².